The van der Waals surface area contributed by atoms with Crippen LogP contribution in [-0.2, 0) is 16.1 Å². The van der Waals surface area contributed by atoms with Gasteiger partial charge in [0.1, 0.15) is 22.3 Å². The fraction of sp³-hybridized carbons (Fsp3) is 0.348. The van der Waals surface area contributed by atoms with Crippen molar-refractivity contribution in [3.63, 3.8) is 0 Å². The van der Waals surface area contributed by atoms with E-state index in [1.165, 1.54) is 11.8 Å². The molecule has 0 radical (unpaired) electrons. The van der Waals surface area contributed by atoms with Crippen molar-refractivity contribution in [1.29, 1.82) is 0 Å². The van der Waals surface area contributed by atoms with Gasteiger partial charge in [-0.05, 0) is 45.9 Å². The van der Waals surface area contributed by atoms with Crippen molar-refractivity contribution in [2.24, 2.45) is 0 Å². The number of aromatic amines is 2. The van der Waals surface area contributed by atoms with Crippen LogP contribution in [0.15, 0.2) is 30.6 Å². The van der Waals surface area contributed by atoms with E-state index in [9.17, 15) is 9.59 Å². The van der Waals surface area contributed by atoms with E-state index in [-0.39, 0.29) is 5.91 Å². The number of ether oxygens (including phenoxy) is 1. The molecular weight excluding hydrogens is 422 g/mol. The van der Waals surface area contributed by atoms with Gasteiger partial charge in [-0.1, -0.05) is 6.07 Å². The molecule has 0 unspecified atom stereocenters. The first-order chi connectivity index (χ1) is 15.7. The van der Waals surface area contributed by atoms with Crippen molar-refractivity contribution >= 4 is 39.9 Å². The summed E-state index contributed by atoms with van der Waals surface area (Å²) in [7, 11) is 0. The highest BCUT2D eigenvalue weighted by atomic mass is 16.6. The monoisotopic (exact) mass is 449 g/mol. The van der Waals surface area contributed by atoms with Gasteiger partial charge >= 0.3 is 6.09 Å². The summed E-state index contributed by atoms with van der Waals surface area (Å²) in [5.74, 6) is 0.323. The molecule has 172 valence electrons. The van der Waals surface area contributed by atoms with Crippen LogP contribution in [0.1, 0.15) is 40.3 Å². The van der Waals surface area contributed by atoms with Gasteiger partial charge in [0.2, 0.25) is 5.91 Å². The molecule has 33 heavy (non-hydrogen) atoms. The molecular formula is C23H27N7O3. The third-order valence-corrected chi connectivity index (χ3v) is 4.92. The molecule has 4 aromatic rings. The zero-order chi connectivity index (χ0) is 23.8. The number of hydrogen-bond acceptors (Lipinski definition) is 6. The molecule has 10 nitrogen and oxygen atoms in total. The molecule has 4 heterocycles. The maximum absolute atomic E-state index is 12.8. The molecule has 0 saturated heterocycles. The Bertz CT molecular complexity index is 1330. The maximum Gasteiger partial charge on any atom is 0.416 e. The van der Waals surface area contributed by atoms with E-state index in [4.69, 9.17) is 9.72 Å². The molecule has 0 aromatic carbocycles. The zero-order valence-corrected chi connectivity index (χ0v) is 19.3. The highest BCUT2D eigenvalue weighted by molar-refractivity contribution is 6.09. The van der Waals surface area contributed by atoms with Crippen LogP contribution in [0.4, 0.5) is 10.6 Å². The largest absolute Gasteiger partial charge is 0.443 e. The summed E-state index contributed by atoms with van der Waals surface area (Å²) in [6, 6.07) is 7.55. The fourth-order valence-electron chi connectivity index (χ4n) is 3.50. The fourth-order valence-corrected chi connectivity index (χ4v) is 3.50. The zero-order valence-electron chi connectivity index (χ0n) is 19.3. The van der Waals surface area contributed by atoms with Gasteiger partial charge < -0.3 is 20.0 Å². The lowest BCUT2D eigenvalue weighted by Gasteiger charge is -2.26. The van der Waals surface area contributed by atoms with Crippen molar-refractivity contribution in [2.75, 3.05) is 11.4 Å². The van der Waals surface area contributed by atoms with Crippen LogP contribution in [0.5, 0.6) is 0 Å². The van der Waals surface area contributed by atoms with Gasteiger partial charge in [-0.25, -0.2) is 19.7 Å². The lowest BCUT2D eigenvalue weighted by atomic mass is 10.2. The summed E-state index contributed by atoms with van der Waals surface area (Å²) in [5, 5.41) is 3.56. The van der Waals surface area contributed by atoms with Gasteiger partial charge in [0.15, 0.2) is 5.82 Å². The summed E-state index contributed by atoms with van der Waals surface area (Å²) in [6.07, 6.45) is 1.10. The molecule has 2 amide bonds. The predicted octanol–water partition coefficient (Wildman–Crippen LogP) is 3.90. The second kappa shape index (κ2) is 8.53. The van der Waals surface area contributed by atoms with E-state index in [2.05, 4.69) is 25.3 Å². The number of rotatable bonds is 5. The number of hydrogen-bond donors (Lipinski definition) is 3. The molecule has 0 aliphatic heterocycles. The molecule has 0 bridgehead atoms. The van der Waals surface area contributed by atoms with Crippen LogP contribution in [0.3, 0.4) is 0 Å². The quantitative estimate of drug-likeness (QED) is 0.424. The number of aromatic nitrogens is 5. The van der Waals surface area contributed by atoms with Crippen LogP contribution in [0, 0.1) is 0 Å². The normalized spacial score (nSPS) is 11.7. The van der Waals surface area contributed by atoms with Crippen molar-refractivity contribution in [3.8, 4) is 11.4 Å². The minimum Gasteiger partial charge on any atom is -0.443 e. The van der Waals surface area contributed by atoms with Gasteiger partial charge in [0, 0.05) is 18.9 Å². The van der Waals surface area contributed by atoms with Crippen LogP contribution < -0.4 is 10.2 Å². The molecule has 4 rings (SSSR count). The van der Waals surface area contributed by atoms with E-state index in [1.54, 1.807) is 6.33 Å². The van der Waals surface area contributed by atoms with E-state index in [0.29, 0.717) is 41.3 Å². The highest BCUT2D eigenvalue weighted by Crippen LogP contribution is 2.32. The Morgan fingerprint density at radius 2 is 2.00 bits per heavy atom. The average molecular weight is 450 g/mol. The van der Waals surface area contributed by atoms with Crippen molar-refractivity contribution in [1.82, 2.24) is 30.2 Å². The standard InChI is InChI=1S/C23H27N7O3/c1-6-30(22(32)33-23(3,4)5)21-19-18(25-12-26-19)15-10-17(28-20(15)29-21)16-9-7-8-14(27-16)11-24-13(2)31/h7-10,12H,6,11H2,1-5H3,(H,24,31)(H,25,26)(H,28,29). The summed E-state index contributed by atoms with van der Waals surface area (Å²) in [6.45, 7) is 9.53. The first-order valence-corrected chi connectivity index (χ1v) is 10.7. The Kier molecular flexibility index (Phi) is 5.75. The number of nitrogens with zero attached hydrogens (tertiary/aromatic N) is 4. The van der Waals surface area contributed by atoms with Gasteiger partial charge in [-0.15, -0.1) is 0 Å². The highest BCUT2D eigenvalue weighted by Gasteiger charge is 2.26. The van der Waals surface area contributed by atoms with Gasteiger partial charge in [-0.3, -0.25) is 9.69 Å². The molecule has 0 fully saturated rings. The van der Waals surface area contributed by atoms with Crippen molar-refractivity contribution in [3.05, 3.63) is 36.3 Å². The third-order valence-electron chi connectivity index (χ3n) is 4.92. The lowest BCUT2D eigenvalue weighted by molar-refractivity contribution is -0.119. The average Bonchev–Trinajstić information content (AvgIpc) is 3.38. The minimum atomic E-state index is -0.630. The molecule has 0 atom stereocenters. The van der Waals surface area contributed by atoms with Gasteiger partial charge in [0.25, 0.3) is 0 Å². The Hall–Kier alpha value is -3.95. The van der Waals surface area contributed by atoms with Gasteiger partial charge in [0.05, 0.1) is 30.0 Å². The Labute approximate surface area is 190 Å². The van der Waals surface area contributed by atoms with E-state index in [0.717, 1.165) is 16.8 Å². The summed E-state index contributed by atoms with van der Waals surface area (Å²) in [5.41, 5.74) is 3.49. The number of carbonyl (C=O) groups is 2. The number of anilines is 1. The number of pyridine rings is 2. The number of fused-ring (bicyclic) bond motifs is 3. The van der Waals surface area contributed by atoms with Crippen LogP contribution in [-0.4, -0.2) is 49.1 Å². The molecule has 0 spiro atoms. The minimum absolute atomic E-state index is 0.115. The summed E-state index contributed by atoms with van der Waals surface area (Å²) >= 11 is 0. The first-order valence-electron chi connectivity index (χ1n) is 10.7. The maximum atomic E-state index is 12.8. The topological polar surface area (TPSA) is 129 Å². The van der Waals surface area contributed by atoms with Crippen LogP contribution >= 0.6 is 0 Å². The second-order valence-corrected chi connectivity index (χ2v) is 8.66. The Morgan fingerprint density at radius 3 is 2.70 bits per heavy atom. The number of imidazole rings is 1. The predicted molar refractivity (Wildman–Crippen MR) is 126 cm³/mol. The molecule has 10 heteroatoms. The summed E-state index contributed by atoms with van der Waals surface area (Å²) < 4.78 is 5.57. The number of H-pyrrole nitrogens is 2. The molecule has 0 saturated carbocycles. The molecule has 0 aliphatic rings. The molecule has 4 aromatic heterocycles. The molecule has 0 aliphatic carbocycles. The van der Waals surface area contributed by atoms with E-state index >= 15 is 0 Å². The first kappa shape index (κ1) is 22.3. The summed E-state index contributed by atoms with van der Waals surface area (Å²) in [4.78, 5) is 45.8. The van der Waals surface area contributed by atoms with Crippen molar-refractivity contribution in [2.45, 2.75) is 46.8 Å². The van der Waals surface area contributed by atoms with Crippen LogP contribution in [0.2, 0.25) is 0 Å². The van der Waals surface area contributed by atoms with E-state index < -0.39 is 11.7 Å². The second-order valence-electron chi connectivity index (χ2n) is 8.66. The van der Waals surface area contributed by atoms with Crippen molar-refractivity contribution < 1.29 is 14.3 Å². The van der Waals surface area contributed by atoms with Crippen LogP contribution in [0.25, 0.3) is 33.5 Å². The lowest BCUT2D eigenvalue weighted by Crippen LogP contribution is -2.37. The number of carbonyl (C=O) groups excluding carboxylic acids is 2. The third kappa shape index (κ3) is 4.64. The smallest absolute Gasteiger partial charge is 0.416 e. The number of nitrogens with one attached hydrogen (secondary N) is 3. The van der Waals surface area contributed by atoms with Gasteiger partial charge in [-0.2, -0.15) is 0 Å². The number of amides is 2. The Balaban J connectivity index is 1.77. The SMILES string of the molecule is CCN(C(=O)OC(C)(C)C)c1nc2[nH]c(-c3cccc(CNC(C)=O)n3)cc2c2nc[nH]c12. The van der Waals surface area contributed by atoms with E-state index in [1.807, 2.05) is 52.0 Å². The molecule has 3 N–H and O–H groups in total. The Morgan fingerprint density at radius 1 is 1.21 bits per heavy atom.